The highest BCUT2D eigenvalue weighted by Gasteiger charge is 2.11. The van der Waals surface area contributed by atoms with Crippen molar-refractivity contribution < 1.29 is 4.74 Å². The second-order valence-corrected chi connectivity index (χ2v) is 4.79. The number of hydrogen-bond donors (Lipinski definition) is 0. The third kappa shape index (κ3) is 2.55. The fourth-order valence-electron chi connectivity index (χ4n) is 2.08. The molecule has 1 nitrogen and oxygen atoms in total. The van der Waals surface area contributed by atoms with Crippen LogP contribution in [-0.4, -0.2) is 12.5 Å². The van der Waals surface area contributed by atoms with Crippen molar-refractivity contribution in [3.05, 3.63) is 42.0 Å². The van der Waals surface area contributed by atoms with E-state index in [-0.39, 0.29) is 5.38 Å². The molecule has 0 amide bonds. The van der Waals surface area contributed by atoms with E-state index in [4.69, 9.17) is 16.3 Å². The normalized spacial score (nSPS) is 12.6. The molecule has 0 aliphatic heterocycles. The summed E-state index contributed by atoms with van der Waals surface area (Å²) in [4.78, 5) is 0. The monoisotopic (exact) mass is 248 g/mol. The van der Waals surface area contributed by atoms with Crippen LogP contribution in [0.5, 0.6) is 5.75 Å². The fourth-order valence-corrected chi connectivity index (χ4v) is 2.24. The number of ether oxygens (including phenoxy) is 1. The van der Waals surface area contributed by atoms with E-state index in [1.54, 1.807) is 7.11 Å². The predicted molar refractivity (Wildman–Crippen MR) is 74.1 cm³/mol. The van der Waals surface area contributed by atoms with Crippen LogP contribution in [0, 0.1) is 0 Å². The first-order valence-electron chi connectivity index (χ1n) is 5.95. The van der Waals surface area contributed by atoms with Crippen molar-refractivity contribution in [1.29, 1.82) is 0 Å². The van der Waals surface area contributed by atoms with E-state index in [0.717, 1.165) is 18.6 Å². The van der Waals surface area contributed by atoms with Crippen molar-refractivity contribution in [2.45, 2.75) is 25.1 Å². The molecular weight excluding hydrogens is 232 g/mol. The summed E-state index contributed by atoms with van der Waals surface area (Å²) in [6.07, 6.45) is 1.82. The zero-order valence-electron chi connectivity index (χ0n) is 10.2. The van der Waals surface area contributed by atoms with Crippen molar-refractivity contribution in [1.82, 2.24) is 0 Å². The van der Waals surface area contributed by atoms with Crippen LogP contribution in [0.25, 0.3) is 10.8 Å². The molecule has 17 heavy (non-hydrogen) atoms. The van der Waals surface area contributed by atoms with Crippen LogP contribution in [0.15, 0.2) is 36.4 Å². The first-order chi connectivity index (χ1) is 8.26. The lowest BCUT2D eigenvalue weighted by Crippen LogP contribution is -2.04. The Kier molecular flexibility index (Phi) is 3.90. The smallest absolute Gasteiger partial charge is 0.122 e. The van der Waals surface area contributed by atoms with E-state index in [9.17, 15) is 0 Å². The molecule has 0 spiro atoms. The zero-order valence-corrected chi connectivity index (χ0v) is 11.0. The van der Waals surface area contributed by atoms with E-state index in [1.807, 2.05) is 6.07 Å². The second-order valence-electron chi connectivity index (χ2n) is 4.18. The zero-order chi connectivity index (χ0) is 12.3. The molecule has 0 radical (unpaired) electrons. The lowest BCUT2D eigenvalue weighted by atomic mass is 9.99. The number of halogens is 1. The number of methoxy groups -OCH3 is 1. The van der Waals surface area contributed by atoms with Crippen molar-refractivity contribution >= 4 is 22.4 Å². The van der Waals surface area contributed by atoms with Gasteiger partial charge in [0.25, 0.3) is 0 Å². The summed E-state index contributed by atoms with van der Waals surface area (Å²) in [7, 11) is 1.71. The number of alkyl halides is 1. The second kappa shape index (κ2) is 5.42. The summed E-state index contributed by atoms with van der Waals surface area (Å²) in [5.74, 6) is 0.933. The Morgan fingerprint density at radius 3 is 2.65 bits per heavy atom. The molecule has 0 aromatic heterocycles. The molecule has 0 N–H and O–H groups in total. The van der Waals surface area contributed by atoms with Gasteiger partial charge in [-0.05, 0) is 29.7 Å². The summed E-state index contributed by atoms with van der Waals surface area (Å²) in [5.41, 5.74) is 1.22. The largest absolute Gasteiger partial charge is 0.496 e. The average molecular weight is 249 g/mol. The van der Waals surface area contributed by atoms with Gasteiger partial charge in [0.15, 0.2) is 0 Å². The van der Waals surface area contributed by atoms with E-state index < -0.39 is 0 Å². The number of hydrogen-bond acceptors (Lipinski definition) is 1. The molecule has 2 heteroatoms. The number of benzene rings is 2. The van der Waals surface area contributed by atoms with Gasteiger partial charge >= 0.3 is 0 Å². The summed E-state index contributed by atoms with van der Waals surface area (Å²) in [5, 5.41) is 2.64. The topological polar surface area (TPSA) is 9.23 Å². The quantitative estimate of drug-likeness (QED) is 0.729. The van der Waals surface area contributed by atoms with E-state index in [2.05, 4.69) is 37.3 Å². The Bertz CT molecular complexity index is 507. The van der Waals surface area contributed by atoms with Gasteiger partial charge in [-0.2, -0.15) is 0 Å². The van der Waals surface area contributed by atoms with Gasteiger partial charge in [0.1, 0.15) is 5.75 Å². The summed E-state index contributed by atoms with van der Waals surface area (Å²) in [6, 6.07) is 12.5. The standard InChI is InChI=1S/C15H17ClO/c1-3-12(16)10-14-13-7-5-4-6-11(13)8-9-15(14)17-2/h4-9,12H,3,10H2,1-2H3. The van der Waals surface area contributed by atoms with Crippen LogP contribution >= 0.6 is 11.6 Å². The van der Waals surface area contributed by atoms with Crippen LogP contribution in [0.3, 0.4) is 0 Å². The van der Waals surface area contributed by atoms with E-state index in [0.29, 0.717) is 0 Å². The minimum absolute atomic E-state index is 0.162. The Morgan fingerprint density at radius 2 is 1.94 bits per heavy atom. The molecule has 0 saturated heterocycles. The molecule has 2 rings (SSSR count). The molecule has 0 heterocycles. The maximum absolute atomic E-state index is 6.27. The van der Waals surface area contributed by atoms with Crippen molar-refractivity contribution in [2.75, 3.05) is 7.11 Å². The Hall–Kier alpha value is -1.21. The highest BCUT2D eigenvalue weighted by Crippen LogP contribution is 2.30. The maximum atomic E-state index is 6.27. The minimum atomic E-state index is 0.162. The van der Waals surface area contributed by atoms with Gasteiger partial charge in [0, 0.05) is 10.9 Å². The molecule has 0 saturated carbocycles. The molecule has 2 aromatic rings. The lowest BCUT2D eigenvalue weighted by molar-refractivity contribution is 0.410. The van der Waals surface area contributed by atoms with Gasteiger partial charge in [-0.1, -0.05) is 37.3 Å². The van der Waals surface area contributed by atoms with Gasteiger partial charge in [-0.3, -0.25) is 0 Å². The van der Waals surface area contributed by atoms with Crippen LogP contribution < -0.4 is 4.74 Å². The molecule has 2 aromatic carbocycles. The summed E-state index contributed by atoms with van der Waals surface area (Å²) in [6.45, 7) is 2.11. The number of fused-ring (bicyclic) bond motifs is 1. The minimum Gasteiger partial charge on any atom is -0.496 e. The summed E-state index contributed by atoms with van der Waals surface area (Å²) >= 11 is 6.27. The van der Waals surface area contributed by atoms with Gasteiger partial charge in [-0.25, -0.2) is 0 Å². The summed E-state index contributed by atoms with van der Waals surface area (Å²) < 4.78 is 5.44. The Morgan fingerprint density at radius 1 is 1.18 bits per heavy atom. The van der Waals surface area contributed by atoms with E-state index >= 15 is 0 Å². The molecule has 0 aliphatic carbocycles. The fraction of sp³-hybridized carbons (Fsp3) is 0.333. The molecule has 1 unspecified atom stereocenters. The predicted octanol–water partition coefficient (Wildman–Crippen LogP) is 4.41. The Balaban J connectivity index is 2.54. The maximum Gasteiger partial charge on any atom is 0.122 e. The van der Waals surface area contributed by atoms with Crippen molar-refractivity contribution in [2.24, 2.45) is 0 Å². The average Bonchev–Trinajstić information content (AvgIpc) is 2.39. The molecule has 1 atom stereocenters. The Labute approximate surface area is 107 Å². The molecular formula is C15H17ClO. The van der Waals surface area contributed by atoms with Crippen LogP contribution in [0.1, 0.15) is 18.9 Å². The SMILES string of the molecule is CCC(Cl)Cc1c(OC)ccc2ccccc12. The van der Waals surface area contributed by atoms with Gasteiger partial charge in [-0.15, -0.1) is 11.6 Å². The van der Waals surface area contributed by atoms with Crippen molar-refractivity contribution in [3.63, 3.8) is 0 Å². The molecule has 0 bridgehead atoms. The van der Waals surface area contributed by atoms with Gasteiger partial charge in [0.2, 0.25) is 0 Å². The first-order valence-corrected chi connectivity index (χ1v) is 6.38. The van der Waals surface area contributed by atoms with Gasteiger partial charge < -0.3 is 4.74 Å². The molecule has 90 valence electrons. The van der Waals surface area contributed by atoms with Crippen LogP contribution in [-0.2, 0) is 6.42 Å². The van der Waals surface area contributed by atoms with Crippen molar-refractivity contribution in [3.8, 4) is 5.75 Å². The third-order valence-electron chi connectivity index (χ3n) is 3.09. The lowest BCUT2D eigenvalue weighted by Gasteiger charge is -2.14. The number of rotatable bonds is 4. The van der Waals surface area contributed by atoms with Crippen LogP contribution in [0.4, 0.5) is 0 Å². The van der Waals surface area contributed by atoms with Crippen LogP contribution in [0.2, 0.25) is 0 Å². The molecule has 0 fully saturated rings. The van der Waals surface area contributed by atoms with E-state index in [1.165, 1.54) is 16.3 Å². The highest BCUT2D eigenvalue weighted by atomic mass is 35.5. The molecule has 0 aliphatic rings. The highest BCUT2D eigenvalue weighted by molar-refractivity contribution is 6.20. The first kappa shape index (κ1) is 12.3. The van der Waals surface area contributed by atoms with Gasteiger partial charge in [0.05, 0.1) is 7.11 Å². The third-order valence-corrected chi connectivity index (χ3v) is 3.55.